The number of benzene rings is 1. The van der Waals surface area contributed by atoms with Gasteiger partial charge in [0.05, 0.1) is 0 Å². The molecule has 2 atom stereocenters. The number of halogens is 1. The highest BCUT2D eigenvalue weighted by Gasteiger charge is 2.16. The monoisotopic (exact) mass is 324 g/mol. The van der Waals surface area contributed by atoms with E-state index in [-0.39, 0.29) is 0 Å². The highest BCUT2D eigenvalue weighted by atomic mass is 79.9. The third kappa shape index (κ3) is 4.22. The van der Waals surface area contributed by atoms with Gasteiger partial charge in [-0.3, -0.25) is 0 Å². The quantitative estimate of drug-likeness (QED) is 0.857. The third-order valence-corrected chi connectivity index (χ3v) is 4.40. The number of rotatable bonds is 4. The molecule has 0 radical (unpaired) electrons. The SMILES string of the molecule is Cc1cc(Br)cc(C)c1NC(C)CC1CCCCN1. The first-order chi connectivity index (χ1) is 9.06. The summed E-state index contributed by atoms with van der Waals surface area (Å²) in [6, 6.07) is 5.56. The first-order valence-corrected chi connectivity index (χ1v) is 8.12. The van der Waals surface area contributed by atoms with Crippen LogP contribution in [0.3, 0.4) is 0 Å². The Hall–Kier alpha value is -0.540. The van der Waals surface area contributed by atoms with Gasteiger partial charge in [0.2, 0.25) is 0 Å². The molecule has 0 aliphatic carbocycles. The summed E-state index contributed by atoms with van der Waals surface area (Å²) in [6.45, 7) is 7.82. The van der Waals surface area contributed by atoms with Crippen LogP contribution in [-0.2, 0) is 0 Å². The number of aryl methyl sites for hydroxylation is 2. The van der Waals surface area contributed by atoms with Crippen molar-refractivity contribution in [3.63, 3.8) is 0 Å². The molecule has 1 aliphatic heterocycles. The van der Waals surface area contributed by atoms with E-state index in [9.17, 15) is 0 Å². The topological polar surface area (TPSA) is 24.1 Å². The Balaban J connectivity index is 1.96. The van der Waals surface area contributed by atoms with Gasteiger partial charge in [-0.2, -0.15) is 0 Å². The number of nitrogens with one attached hydrogen (secondary N) is 2. The second-order valence-corrected chi connectivity index (χ2v) is 6.76. The van der Waals surface area contributed by atoms with Crippen molar-refractivity contribution in [2.75, 3.05) is 11.9 Å². The molecule has 1 aromatic carbocycles. The van der Waals surface area contributed by atoms with E-state index in [1.807, 2.05) is 0 Å². The van der Waals surface area contributed by atoms with Crippen LogP contribution in [0, 0.1) is 13.8 Å². The van der Waals surface area contributed by atoms with Crippen molar-refractivity contribution in [3.05, 3.63) is 27.7 Å². The lowest BCUT2D eigenvalue weighted by Crippen LogP contribution is -2.37. The van der Waals surface area contributed by atoms with Crippen LogP contribution in [-0.4, -0.2) is 18.6 Å². The van der Waals surface area contributed by atoms with Gasteiger partial charge >= 0.3 is 0 Å². The van der Waals surface area contributed by atoms with E-state index in [2.05, 4.69) is 59.5 Å². The first kappa shape index (κ1) is 14.9. The summed E-state index contributed by atoms with van der Waals surface area (Å²) in [4.78, 5) is 0. The molecule has 2 N–H and O–H groups in total. The van der Waals surface area contributed by atoms with E-state index >= 15 is 0 Å². The molecule has 0 amide bonds. The van der Waals surface area contributed by atoms with Gasteiger partial charge in [0.15, 0.2) is 0 Å². The summed E-state index contributed by atoms with van der Waals surface area (Å²) >= 11 is 3.56. The van der Waals surface area contributed by atoms with Crippen LogP contribution in [0.1, 0.15) is 43.7 Å². The van der Waals surface area contributed by atoms with Crippen molar-refractivity contribution < 1.29 is 0 Å². The van der Waals surface area contributed by atoms with E-state index in [0.717, 1.165) is 4.47 Å². The Morgan fingerprint density at radius 1 is 1.32 bits per heavy atom. The summed E-state index contributed by atoms with van der Waals surface area (Å²) in [5.74, 6) is 0. The standard InChI is InChI=1S/C16H25BrN2/c1-11-8-14(17)9-12(2)16(11)19-13(3)10-15-6-4-5-7-18-15/h8-9,13,15,18-19H,4-7,10H2,1-3H3. The lowest BCUT2D eigenvalue weighted by atomic mass is 9.98. The second kappa shape index (κ2) is 6.76. The number of piperidine rings is 1. The summed E-state index contributed by atoms with van der Waals surface area (Å²) in [7, 11) is 0. The largest absolute Gasteiger partial charge is 0.382 e. The van der Waals surface area contributed by atoms with Crippen LogP contribution in [0.4, 0.5) is 5.69 Å². The minimum absolute atomic E-state index is 0.508. The molecule has 106 valence electrons. The molecule has 3 heteroatoms. The average molecular weight is 325 g/mol. The molecule has 2 nitrogen and oxygen atoms in total. The van der Waals surface area contributed by atoms with Gasteiger partial charge in [-0.1, -0.05) is 22.4 Å². The summed E-state index contributed by atoms with van der Waals surface area (Å²) < 4.78 is 1.16. The average Bonchev–Trinajstić information content (AvgIpc) is 2.35. The molecular weight excluding hydrogens is 300 g/mol. The smallest absolute Gasteiger partial charge is 0.0402 e. The molecule has 0 spiro atoms. The fourth-order valence-corrected chi connectivity index (χ4v) is 3.68. The Kier molecular flexibility index (Phi) is 5.28. The van der Waals surface area contributed by atoms with Crippen LogP contribution >= 0.6 is 15.9 Å². The Bertz CT molecular complexity index is 402. The number of hydrogen-bond acceptors (Lipinski definition) is 2. The molecule has 19 heavy (non-hydrogen) atoms. The van der Waals surface area contributed by atoms with Gasteiger partial charge in [-0.05, 0) is 69.8 Å². The minimum Gasteiger partial charge on any atom is -0.382 e. The molecule has 1 fully saturated rings. The molecule has 2 unspecified atom stereocenters. The summed E-state index contributed by atoms with van der Waals surface area (Å²) in [5.41, 5.74) is 3.93. The van der Waals surface area contributed by atoms with E-state index in [4.69, 9.17) is 0 Å². The molecule has 2 rings (SSSR count). The van der Waals surface area contributed by atoms with Crippen molar-refractivity contribution >= 4 is 21.6 Å². The normalized spacial score (nSPS) is 21.2. The maximum absolute atomic E-state index is 3.69. The van der Waals surface area contributed by atoms with E-state index in [1.54, 1.807) is 0 Å². The maximum atomic E-state index is 3.69. The van der Waals surface area contributed by atoms with Crippen molar-refractivity contribution in [1.29, 1.82) is 0 Å². The van der Waals surface area contributed by atoms with Crippen LogP contribution in [0.2, 0.25) is 0 Å². The highest BCUT2D eigenvalue weighted by molar-refractivity contribution is 9.10. The molecule has 0 aromatic heterocycles. The molecule has 0 saturated carbocycles. The van der Waals surface area contributed by atoms with Crippen molar-refractivity contribution in [1.82, 2.24) is 5.32 Å². The van der Waals surface area contributed by atoms with Gasteiger partial charge in [0.25, 0.3) is 0 Å². The zero-order chi connectivity index (χ0) is 13.8. The lowest BCUT2D eigenvalue weighted by Gasteiger charge is -2.28. The van der Waals surface area contributed by atoms with Crippen molar-refractivity contribution in [2.24, 2.45) is 0 Å². The Labute approximate surface area is 125 Å². The lowest BCUT2D eigenvalue weighted by molar-refractivity contribution is 0.371. The molecule has 1 saturated heterocycles. The van der Waals surface area contributed by atoms with E-state index < -0.39 is 0 Å². The van der Waals surface area contributed by atoms with Gasteiger partial charge in [-0.25, -0.2) is 0 Å². The van der Waals surface area contributed by atoms with Crippen molar-refractivity contribution in [2.45, 2.75) is 58.5 Å². The molecule has 1 aliphatic rings. The molecule has 0 bridgehead atoms. The van der Waals surface area contributed by atoms with Gasteiger partial charge in [-0.15, -0.1) is 0 Å². The minimum atomic E-state index is 0.508. The maximum Gasteiger partial charge on any atom is 0.0402 e. The summed E-state index contributed by atoms with van der Waals surface area (Å²) in [5, 5.41) is 7.32. The van der Waals surface area contributed by atoms with Crippen LogP contribution in [0.5, 0.6) is 0 Å². The van der Waals surface area contributed by atoms with E-state index in [1.165, 1.54) is 49.0 Å². The zero-order valence-corrected chi connectivity index (χ0v) is 13.8. The Morgan fingerprint density at radius 2 is 2.00 bits per heavy atom. The van der Waals surface area contributed by atoms with Crippen LogP contribution in [0.15, 0.2) is 16.6 Å². The highest BCUT2D eigenvalue weighted by Crippen LogP contribution is 2.26. The Morgan fingerprint density at radius 3 is 2.58 bits per heavy atom. The zero-order valence-electron chi connectivity index (χ0n) is 12.2. The van der Waals surface area contributed by atoms with Gasteiger partial charge in [0, 0.05) is 22.2 Å². The fourth-order valence-electron chi connectivity index (χ4n) is 3.00. The van der Waals surface area contributed by atoms with E-state index in [0.29, 0.717) is 12.1 Å². The number of hydrogen-bond donors (Lipinski definition) is 2. The van der Waals surface area contributed by atoms with Crippen LogP contribution < -0.4 is 10.6 Å². The molecular formula is C16H25BrN2. The fraction of sp³-hybridized carbons (Fsp3) is 0.625. The molecule has 1 heterocycles. The first-order valence-electron chi connectivity index (χ1n) is 7.33. The third-order valence-electron chi connectivity index (χ3n) is 3.94. The predicted octanol–water partition coefficient (Wildman–Crippen LogP) is 4.40. The number of anilines is 1. The van der Waals surface area contributed by atoms with Crippen LogP contribution in [0.25, 0.3) is 0 Å². The van der Waals surface area contributed by atoms with Gasteiger partial charge in [0.1, 0.15) is 0 Å². The second-order valence-electron chi connectivity index (χ2n) is 5.84. The van der Waals surface area contributed by atoms with Crippen molar-refractivity contribution in [3.8, 4) is 0 Å². The summed E-state index contributed by atoms with van der Waals surface area (Å²) in [6.07, 6.45) is 5.24. The molecule has 1 aromatic rings. The predicted molar refractivity (Wildman–Crippen MR) is 87.0 cm³/mol. The van der Waals surface area contributed by atoms with Gasteiger partial charge < -0.3 is 10.6 Å².